The third-order valence-corrected chi connectivity index (χ3v) is 4.60. The highest BCUT2D eigenvalue weighted by molar-refractivity contribution is 5.99. The smallest absolute Gasteiger partial charge is 0.225 e. The average Bonchev–Trinajstić information content (AvgIpc) is 2.55. The molecule has 0 saturated heterocycles. The van der Waals surface area contributed by atoms with Crippen molar-refractivity contribution in [3.63, 3.8) is 0 Å². The van der Waals surface area contributed by atoms with Crippen LogP contribution in [0.5, 0.6) is 0 Å². The van der Waals surface area contributed by atoms with Crippen molar-refractivity contribution in [3.8, 4) is 0 Å². The lowest BCUT2D eigenvalue weighted by molar-refractivity contribution is -0.135. The summed E-state index contributed by atoms with van der Waals surface area (Å²) in [6.45, 7) is 2.18. The van der Waals surface area contributed by atoms with E-state index in [-0.39, 0.29) is 24.2 Å². The molecule has 1 amide bonds. The van der Waals surface area contributed by atoms with Gasteiger partial charge in [-0.05, 0) is 18.8 Å². The Balaban J connectivity index is 1.91. The number of likely N-dealkylation sites (N-methyl/N-ethyl adjacent to an activating group) is 1. The minimum Gasteiger partial charge on any atom is -0.338 e. The van der Waals surface area contributed by atoms with Crippen LogP contribution in [0.3, 0.4) is 0 Å². The van der Waals surface area contributed by atoms with Crippen LogP contribution in [-0.2, 0) is 4.79 Å². The number of rotatable bonds is 5. The Hall–Kier alpha value is -1.64. The van der Waals surface area contributed by atoms with E-state index in [1.54, 1.807) is 24.1 Å². The van der Waals surface area contributed by atoms with Gasteiger partial charge in [0, 0.05) is 18.5 Å². The Morgan fingerprint density at radius 2 is 1.76 bits per heavy atom. The highest BCUT2D eigenvalue weighted by atomic mass is 16.2. The van der Waals surface area contributed by atoms with Gasteiger partial charge >= 0.3 is 0 Å². The van der Waals surface area contributed by atoms with Crippen molar-refractivity contribution in [2.45, 2.75) is 39.0 Å². The van der Waals surface area contributed by atoms with Gasteiger partial charge in [-0.3, -0.25) is 9.59 Å². The maximum atomic E-state index is 12.5. The van der Waals surface area contributed by atoms with E-state index >= 15 is 0 Å². The first-order valence-corrected chi connectivity index (χ1v) is 7.93. The van der Waals surface area contributed by atoms with E-state index in [4.69, 9.17) is 0 Å². The van der Waals surface area contributed by atoms with Gasteiger partial charge in [-0.25, -0.2) is 0 Å². The molecule has 0 aliphatic heterocycles. The van der Waals surface area contributed by atoms with Crippen LogP contribution in [0, 0.1) is 11.8 Å². The van der Waals surface area contributed by atoms with Crippen LogP contribution in [0.2, 0.25) is 0 Å². The van der Waals surface area contributed by atoms with Gasteiger partial charge in [-0.15, -0.1) is 0 Å². The standard InChI is InChI=1S/C18H25NO2/c1-14(15-9-5-3-6-10-15)18(21)19(2)13-17(20)16-11-7-4-8-12-16/h4,7-8,11-12,14-15H,3,5-6,9-10,13H2,1-2H3. The molecule has 1 saturated carbocycles. The first-order valence-electron chi connectivity index (χ1n) is 7.93. The normalized spacial score (nSPS) is 17.2. The Bertz CT molecular complexity index is 477. The second-order valence-electron chi connectivity index (χ2n) is 6.17. The molecule has 0 radical (unpaired) electrons. The second kappa shape index (κ2) is 7.39. The number of hydrogen-bond donors (Lipinski definition) is 0. The van der Waals surface area contributed by atoms with E-state index in [9.17, 15) is 9.59 Å². The first-order chi connectivity index (χ1) is 10.1. The summed E-state index contributed by atoms with van der Waals surface area (Å²) in [6.07, 6.45) is 6.05. The molecule has 1 aliphatic rings. The number of Topliss-reactive ketones (excluding diaryl/α,β-unsaturated/α-hetero) is 1. The van der Waals surface area contributed by atoms with Crippen LogP contribution < -0.4 is 0 Å². The maximum Gasteiger partial charge on any atom is 0.225 e. The fourth-order valence-electron chi connectivity index (χ4n) is 3.19. The number of carbonyl (C=O) groups is 2. The molecule has 0 aromatic heterocycles. The summed E-state index contributed by atoms with van der Waals surface area (Å²) in [4.78, 5) is 26.2. The zero-order chi connectivity index (χ0) is 15.2. The van der Waals surface area contributed by atoms with Crippen molar-refractivity contribution in [3.05, 3.63) is 35.9 Å². The number of benzene rings is 1. The zero-order valence-electron chi connectivity index (χ0n) is 13.0. The predicted molar refractivity (Wildman–Crippen MR) is 84.1 cm³/mol. The summed E-state index contributed by atoms with van der Waals surface area (Å²) < 4.78 is 0. The third kappa shape index (κ3) is 4.16. The summed E-state index contributed by atoms with van der Waals surface area (Å²) in [5, 5.41) is 0. The monoisotopic (exact) mass is 287 g/mol. The number of ketones is 1. The number of carbonyl (C=O) groups excluding carboxylic acids is 2. The molecule has 0 N–H and O–H groups in total. The van der Waals surface area contributed by atoms with Gasteiger partial charge in [0.2, 0.25) is 5.91 Å². The largest absolute Gasteiger partial charge is 0.338 e. The van der Waals surface area contributed by atoms with Gasteiger partial charge in [-0.2, -0.15) is 0 Å². The maximum absolute atomic E-state index is 12.5. The lowest BCUT2D eigenvalue weighted by atomic mass is 9.80. The summed E-state index contributed by atoms with van der Waals surface area (Å²) in [6, 6.07) is 9.17. The molecule has 3 heteroatoms. The van der Waals surface area contributed by atoms with Crippen LogP contribution >= 0.6 is 0 Å². The lowest BCUT2D eigenvalue weighted by Crippen LogP contribution is -2.38. The number of amides is 1. The molecule has 114 valence electrons. The van der Waals surface area contributed by atoms with Gasteiger partial charge < -0.3 is 4.90 Å². The van der Waals surface area contributed by atoms with Crippen molar-refractivity contribution < 1.29 is 9.59 Å². The Morgan fingerprint density at radius 1 is 1.14 bits per heavy atom. The average molecular weight is 287 g/mol. The van der Waals surface area contributed by atoms with Crippen LogP contribution in [0.4, 0.5) is 0 Å². The van der Waals surface area contributed by atoms with E-state index < -0.39 is 0 Å². The van der Waals surface area contributed by atoms with Crippen molar-refractivity contribution in [1.29, 1.82) is 0 Å². The second-order valence-corrected chi connectivity index (χ2v) is 6.17. The zero-order valence-corrected chi connectivity index (χ0v) is 13.0. The third-order valence-electron chi connectivity index (χ3n) is 4.60. The quantitative estimate of drug-likeness (QED) is 0.777. The number of hydrogen-bond acceptors (Lipinski definition) is 2. The summed E-state index contributed by atoms with van der Waals surface area (Å²) in [5.74, 6) is 0.618. The molecule has 1 fully saturated rings. The topological polar surface area (TPSA) is 37.4 Å². The summed E-state index contributed by atoms with van der Waals surface area (Å²) in [5.41, 5.74) is 0.669. The Morgan fingerprint density at radius 3 is 2.38 bits per heavy atom. The Kier molecular flexibility index (Phi) is 5.54. The molecule has 1 aromatic carbocycles. The van der Waals surface area contributed by atoms with Gasteiger partial charge in [0.15, 0.2) is 5.78 Å². The predicted octanol–water partition coefficient (Wildman–Crippen LogP) is 3.54. The van der Waals surface area contributed by atoms with Gasteiger partial charge in [0.1, 0.15) is 0 Å². The molecule has 1 atom stereocenters. The highest BCUT2D eigenvalue weighted by Crippen LogP contribution is 2.30. The fourth-order valence-corrected chi connectivity index (χ4v) is 3.19. The molecular weight excluding hydrogens is 262 g/mol. The molecule has 0 bridgehead atoms. The van der Waals surface area contributed by atoms with Gasteiger partial charge in [0.05, 0.1) is 6.54 Å². The van der Waals surface area contributed by atoms with Gasteiger partial charge in [-0.1, -0.05) is 56.5 Å². The molecule has 2 rings (SSSR count). The summed E-state index contributed by atoms with van der Waals surface area (Å²) >= 11 is 0. The van der Waals surface area contributed by atoms with Crippen LogP contribution in [0.15, 0.2) is 30.3 Å². The molecule has 0 heterocycles. The molecule has 1 aromatic rings. The molecule has 21 heavy (non-hydrogen) atoms. The minimum atomic E-state index is 0.00212. The van der Waals surface area contributed by atoms with Crippen LogP contribution in [-0.4, -0.2) is 30.2 Å². The van der Waals surface area contributed by atoms with Crippen LogP contribution in [0.1, 0.15) is 49.4 Å². The fraction of sp³-hybridized carbons (Fsp3) is 0.556. The highest BCUT2D eigenvalue weighted by Gasteiger charge is 2.28. The SMILES string of the molecule is CC(C(=O)N(C)CC(=O)c1ccccc1)C1CCCCC1. The van der Waals surface area contributed by atoms with Crippen molar-refractivity contribution in [2.75, 3.05) is 13.6 Å². The number of nitrogens with zero attached hydrogens (tertiary/aromatic N) is 1. The molecule has 1 aliphatic carbocycles. The molecule has 1 unspecified atom stereocenters. The summed E-state index contributed by atoms with van der Waals surface area (Å²) in [7, 11) is 1.74. The van der Waals surface area contributed by atoms with E-state index in [1.165, 1.54) is 19.3 Å². The van der Waals surface area contributed by atoms with E-state index in [2.05, 4.69) is 0 Å². The van der Waals surface area contributed by atoms with Gasteiger partial charge in [0.25, 0.3) is 0 Å². The molecule has 0 spiro atoms. The van der Waals surface area contributed by atoms with E-state index in [1.807, 2.05) is 25.1 Å². The van der Waals surface area contributed by atoms with E-state index in [0.29, 0.717) is 11.5 Å². The van der Waals surface area contributed by atoms with Crippen molar-refractivity contribution in [1.82, 2.24) is 4.90 Å². The lowest BCUT2D eigenvalue weighted by Gasteiger charge is -2.29. The first kappa shape index (κ1) is 15.7. The van der Waals surface area contributed by atoms with Crippen molar-refractivity contribution in [2.24, 2.45) is 11.8 Å². The Labute approximate surface area is 127 Å². The molecule has 3 nitrogen and oxygen atoms in total. The minimum absolute atomic E-state index is 0.00212. The van der Waals surface area contributed by atoms with Crippen LogP contribution in [0.25, 0.3) is 0 Å². The van der Waals surface area contributed by atoms with E-state index in [0.717, 1.165) is 12.8 Å². The van der Waals surface area contributed by atoms with Crippen molar-refractivity contribution >= 4 is 11.7 Å². The molecular formula is C18H25NO2.